The lowest BCUT2D eigenvalue weighted by molar-refractivity contribution is -0.120. The minimum Gasteiger partial charge on any atom is -0.324 e. The fraction of sp³-hybridized carbons (Fsp3) is 0.500. The molecule has 9 heteroatoms. The summed E-state index contributed by atoms with van der Waals surface area (Å²) in [5.41, 5.74) is 0.466. The lowest BCUT2D eigenvalue weighted by Crippen LogP contribution is -2.47. The van der Waals surface area contributed by atoms with Crippen molar-refractivity contribution in [1.29, 1.82) is 0 Å². The Kier molecular flexibility index (Phi) is 5.91. The Morgan fingerprint density at radius 3 is 2.65 bits per heavy atom. The summed E-state index contributed by atoms with van der Waals surface area (Å²) in [5, 5.41) is 3.57. The number of carbonyl (C=O) groups is 1. The number of nitrogens with zero attached hydrogens (tertiary/aromatic N) is 2. The van der Waals surface area contributed by atoms with Crippen molar-refractivity contribution in [3.05, 3.63) is 28.2 Å². The minimum atomic E-state index is -3.51. The van der Waals surface area contributed by atoms with E-state index in [4.69, 9.17) is 23.2 Å². The molecule has 0 radical (unpaired) electrons. The zero-order valence-electron chi connectivity index (χ0n) is 12.9. The van der Waals surface area contributed by atoms with Crippen LogP contribution in [0, 0.1) is 5.92 Å². The van der Waals surface area contributed by atoms with E-state index in [0.29, 0.717) is 35.1 Å². The van der Waals surface area contributed by atoms with Crippen LogP contribution in [0.3, 0.4) is 0 Å². The first-order valence-corrected chi connectivity index (χ1v) is 9.30. The normalized spacial score (nSPS) is 19.8. The van der Waals surface area contributed by atoms with Gasteiger partial charge in [0.15, 0.2) is 0 Å². The highest BCUT2D eigenvalue weighted by molar-refractivity contribution is 7.86. The Hall–Kier alpha value is -0.860. The van der Waals surface area contributed by atoms with Crippen LogP contribution in [0.2, 0.25) is 10.0 Å². The summed E-state index contributed by atoms with van der Waals surface area (Å²) in [7, 11) is -0.553. The van der Waals surface area contributed by atoms with Crippen molar-refractivity contribution in [3.63, 3.8) is 0 Å². The van der Waals surface area contributed by atoms with E-state index in [2.05, 4.69) is 5.32 Å². The molecule has 128 valence electrons. The van der Waals surface area contributed by atoms with Gasteiger partial charge in [0.2, 0.25) is 5.91 Å². The van der Waals surface area contributed by atoms with Crippen molar-refractivity contribution in [2.75, 3.05) is 32.5 Å². The van der Waals surface area contributed by atoms with Crippen LogP contribution in [0.25, 0.3) is 0 Å². The van der Waals surface area contributed by atoms with Crippen LogP contribution in [0.5, 0.6) is 0 Å². The second kappa shape index (κ2) is 7.36. The zero-order chi connectivity index (χ0) is 17.2. The van der Waals surface area contributed by atoms with Crippen LogP contribution in [-0.2, 0) is 15.0 Å². The third-order valence-corrected chi connectivity index (χ3v) is 6.19. The fourth-order valence-electron chi connectivity index (χ4n) is 2.42. The smallest absolute Gasteiger partial charge is 0.281 e. The number of hydrogen-bond donors (Lipinski definition) is 1. The number of anilines is 1. The Morgan fingerprint density at radius 1 is 1.35 bits per heavy atom. The van der Waals surface area contributed by atoms with E-state index in [1.54, 1.807) is 18.2 Å². The van der Waals surface area contributed by atoms with Crippen LogP contribution < -0.4 is 5.32 Å². The molecule has 1 aliphatic rings. The quantitative estimate of drug-likeness (QED) is 0.873. The molecule has 1 atom stereocenters. The van der Waals surface area contributed by atoms with E-state index >= 15 is 0 Å². The topological polar surface area (TPSA) is 69.7 Å². The van der Waals surface area contributed by atoms with Crippen LogP contribution in [0.4, 0.5) is 5.69 Å². The summed E-state index contributed by atoms with van der Waals surface area (Å²) in [6.45, 7) is 0.587. The van der Waals surface area contributed by atoms with Crippen LogP contribution in [0.1, 0.15) is 12.8 Å². The van der Waals surface area contributed by atoms with E-state index in [1.807, 2.05) is 0 Å². The molecule has 1 aromatic rings. The minimum absolute atomic E-state index is 0.164. The summed E-state index contributed by atoms with van der Waals surface area (Å²) in [6, 6.07) is 4.80. The molecule has 0 aliphatic carbocycles. The van der Waals surface area contributed by atoms with Crippen molar-refractivity contribution in [2.45, 2.75) is 12.8 Å². The third kappa shape index (κ3) is 4.36. The number of halogens is 2. The van der Waals surface area contributed by atoms with Gasteiger partial charge >= 0.3 is 0 Å². The molecule has 2 rings (SSSR count). The van der Waals surface area contributed by atoms with Crippen molar-refractivity contribution >= 4 is 45.0 Å². The molecule has 1 saturated heterocycles. The number of piperidine rings is 1. The first kappa shape index (κ1) is 18.5. The van der Waals surface area contributed by atoms with Gasteiger partial charge in [-0.1, -0.05) is 23.2 Å². The summed E-state index contributed by atoms with van der Waals surface area (Å²) < 4.78 is 26.9. The maximum absolute atomic E-state index is 12.4. The number of amides is 1. The number of carbonyl (C=O) groups excluding carboxylic acids is 1. The Labute approximate surface area is 146 Å². The van der Waals surface area contributed by atoms with Gasteiger partial charge in [-0.2, -0.15) is 17.0 Å². The van der Waals surface area contributed by atoms with Gasteiger partial charge in [0.25, 0.3) is 10.2 Å². The molecule has 0 saturated carbocycles. The molecule has 6 nitrogen and oxygen atoms in total. The highest BCUT2D eigenvalue weighted by Gasteiger charge is 2.33. The van der Waals surface area contributed by atoms with Crippen molar-refractivity contribution < 1.29 is 13.2 Å². The number of hydrogen-bond acceptors (Lipinski definition) is 3. The Bertz CT molecular complexity index is 695. The largest absolute Gasteiger partial charge is 0.324 e. The monoisotopic (exact) mass is 379 g/mol. The van der Waals surface area contributed by atoms with Crippen molar-refractivity contribution in [1.82, 2.24) is 8.61 Å². The molecule has 1 amide bonds. The van der Waals surface area contributed by atoms with Crippen LogP contribution in [-0.4, -0.2) is 50.1 Å². The predicted molar refractivity (Wildman–Crippen MR) is 92.0 cm³/mol. The van der Waals surface area contributed by atoms with Crippen LogP contribution in [0.15, 0.2) is 18.2 Å². The van der Waals surface area contributed by atoms with Crippen molar-refractivity contribution in [2.24, 2.45) is 5.92 Å². The van der Waals surface area contributed by atoms with Crippen molar-refractivity contribution in [3.8, 4) is 0 Å². The molecule has 1 aliphatic heterocycles. The SMILES string of the molecule is CN(C)S(=O)(=O)N1CCCC(C(=O)Nc2ccc(Cl)cc2Cl)C1. The zero-order valence-corrected chi connectivity index (χ0v) is 15.2. The first-order valence-electron chi connectivity index (χ1n) is 7.15. The fourth-order valence-corrected chi connectivity index (χ4v) is 4.07. The maximum Gasteiger partial charge on any atom is 0.281 e. The van der Waals surface area contributed by atoms with Gasteiger partial charge in [-0.15, -0.1) is 0 Å². The Balaban J connectivity index is 2.08. The molecular weight excluding hydrogens is 361 g/mol. The molecule has 1 unspecified atom stereocenters. The second-order valence-corrected chi connectivity index (χ2v) is 8.59. The highest BCUT2D eigenvalue weighted by atomic mass is 35.5. The average Bonchev–Trinajstić information content (AvgIpc) is 2.50. The standard InChI is InChI=1S/C14H19Cl2N3O3S/c1-18(2)23(21,22)19-7-3-4-10(9-19)14(20)17-13-6-5-11(15)8-12(13)16/h5-6,8,10H,3-4,7,9H2,1-2H3,(H,17,20). The predicted octanol–water partition coefficient (Wildman–Crippen LogP) is 2.45. The van der Waals surface area contributed by atoms with Gasteiger partial charge in [0, 0.05) is 32.2 Å². The maximum atomic E-state index is 12.4. The van der Waals surface area contributed by atoms with Gasteiger partial charge < -0.3 is 5.32 Å². The lowest BCUT2D eigenvalue weighted by Gasteiger charge is -2.32. The first-order chi connectivity index (χ1) is 10.7. The van der Waals surface area contributed by atoms with E-state index in [1.165, 1.54) is 18.4 Å². The van der Waals surface area contributed by atoms with E-state index < -0.39 is 16.1 Å². The molecule has 0 spiro atoms. The van der Waals surface area contributed by atoms with Gasteiger partial charge in [-0.3, -0.25) is 4.79 Å². The third-order valence-electron chi connectivity index (χ3n) is 3.73. The molecule has 0 aromatic heterocycles. The highest BCUT2D eigenvalue weighted by Crippen LogP contribution is 2.27. The van der Waals surface area contributed by atoms with E-state index in [0.717, 1.165) is 4.31 Å². The summed E-state index contributed by atoms with van der Waals surface area (Å²) in [6.07, 6.45) is 1.27. The Morgan fingerprint density at radius 2 is 2.04 bits per heavy atom. The molecule has 1 aromatic carbocycles. The van der Waals surface area contributed by atoms with Gasteiger partial charge in [-0.25, -0.2) is 0 Å². The molecule has 1 N–H and O–H groups in total. The van der Waals surface area contributed by atoms with Gasteiger partial charge in [0.1, 0.15) is 0 Å². The average molecular weight is 380 g/mol. The van der Waals surface area contributed by atoms with Gasteiger partial charge in [-0.05, 0) is 31.0 Å². The molecular formula is C14H19Cl2N3O3S. The molecule has 23 heavy (non-hydrogen) atoms. The summed E-state index contributed by atoms with van der Waals surface area (Å²) in [4.78, 5) is 12.4. The van der Waals surface area contributed by atoms with E-state index in [-0.39, 0.29) is 12.5 Å². The number of benzene rings is 1. The second-order valence-electron chi connectivity index (χ2n) is 5.60. The van der Waals surface area contributed by atoms with E-state index in [9.17, 15) is 13.2 Å². The summed E-state index contributed by atoms with van der Waals surface area (Å²) >= 11 is 11.9. The van der Waals surface area contributed by atoms with Crippen LogP contribution >= 0.6 is 23.2 Å². The number of rotatable bonds is 4. The number of nitrogens with one attached hydrogen (secondary N) is 1. The molecule has 1 fully saturated rings. The molecule has 1 heterocycles. The molecule has 0 bridgehead atoms. The summed E-state index contributed by atoms with van der Waals surface area (Å²) in [5.74, 6) is -0.655. The van der Waals surface area contributed by atoms with Gasteiger partial charge in [0.05, 0.1) is 16.6 Å². The lowest BCUT2D eigenvalue weighted by atomic mass is 9.99.